The number of guanidine groups is 1. The normalized spacial score (nSPS) is 12.0. The van der Waals surface area contributed by atoms with Gasteiger partial charge in [0, 0.05) is 25.7 Å². The minimum Gasteiger partial charge on any atom is -0.380 e. The molecular weight excluding hydrogens is 479 g/mol. The molecular formula is C18H33IN4O3S. The Kier molecular flexibility index (Phi) is 13.7. The average molecular weight is 512 g/mol. The van der Waals surface area contributed by atoms with E-state index < -0.39 is 10.0 Å². The van der Waals surface area contributed by atoms with Crippen molar-refractivity contribution in [3.8, 4) is 0 Å². The van der Waals surface area contributed by atoms with Crippen molar-refractivity contribution in [1.29, 1.82) is 0 Å². The largest absolute Gasteiger partial charge is 0.380 e. The number of nitrogens with zero attached hydrogens (tertiary/aromatic N) is 1. The van der Waals surface area contributed by atoms with Crippen molar-refractivity contribution in [3.63, 3.8) is 0 Å². The standard InChI is InChI=1S/C18H32N4O3S.HI/c1-5-19-18(20-11-12-25-6-2)21-13-16-7-9-17(10-8-16)14-26(23,24)22-15(3)4;/h7-10,15,22H,5-6,11-14H2,1-4H3,(H2,19,20,21);1H. The SMILES string of the molecule is CCNC(=NCc1ccc(CS(=O)(=O)NC(C)C)cc1)NCCOCC.I. The molecule has 0 amide bonds. The summed E-state index contributed by atoms with van der Waals surface area (Å²) in [6, 6.07) is 7.38. The zero-order valence-electron chi connectivity index (χ0n) is 16.6. The molecule has 7 nitrogen and oxygen atoms in total. The van der Waals surface area contributed by atoms with Gasteiger partial charge in [-0.2, -0.15) is 0 Å². The van der Waals surface area contributed by atoms with Crippen molar-refractivity contribution in [2.75, 3.05) is 26.3 Å². The highest BCUT2D eigenvalue weighted by atomic mass is 127. The first-order chi connectivity index (χ1) is 12.4. The minimum atomic E-state index is -3.30. The maximum Gasteiger partial charge on any atom is 0.216 e. The van der Waals surface area contributed by atoms with Crippen molar-refractivity contribution in [2.24, 2.45) is 4.99 Å². The van der Waals surface area contributed by atoms with Crippen LogP contribution in [0.25, 0.3) is 0 Å². The van der Waals surface area contributed by atoms with E-state index in [2.05, 4.69) is 20.3 Å². The Morgan fingerprint density at radius 3 is 2.30 bits per heavy atom. The van der Waals surface area contributed by atoms with Crippen LogP contribution in [0.15, 0.2) is 29.3 Å². The first kappa shape index (κ1) is 26.1. The van der Waals surface area contributed by atoms with Crippen molar-refractivity contribution >= 4 is 40.0 Å². The summed E-state index contributed by atoms with van der Waals surface area (Å²) < 4.78 is 31.8. The molecule has 1 aromatic rings. The monoisotopic (exact) mass is 512 g/mol. The molecule has 0 aromatic heterocycles. The molecule has 156 valence electrons. The van der Waals surface area contributed by atoms with E-state index in [9.17, 15) is 8.42 Å². The molecule has 9 heteroatoms. The number of nitrogens with one attached hydrogen (secondary N) is 3. The van der Waals surface area contributed by atoms with E-state index in [0.717, 1.165) is 23.6 Å². The molecule has 0 saturated heterocycles. The van der Waals surface area contributed by atoms with E-state index in [0.29, 0.717) is 26.3 Å². The molecule has 0 heterocycles. The van der Waals surface area contributed by atoms with Crippen molar-refractivity contribution in [1.82, 2.24) is 15.4 Å². The van der Waals surface area contributed by atoms with E-state index >= 15 is 0 Å². The maximum absolute atomic E-state index is 12.0. The topological polar surface area (TPSA) is 91.8 Å². The second kappa shape index (κ2) is 14.1. The molecule has 0 aliphatic carbocycles. The van der Waals surface area contributed by atoms with Crippen LogP contribution in [0.2, 0.25) is 0 Å². The lowest BCUT2D eigenvalue weighted by Crippen LogP contribution is -2.39. The van der Waals surface area contributed by atoms with Gasteiger partial charge in [0.2, 0.25) is 10.0 Å². The average Bonchev–Trinajstić information content (AvgIpc) is 2.56. The molecule has 0 unspecified atom stereocenters. The first-order valence-corrected chi connectivity index (χ1v) is 10.7. The molecule has 0 atom stereocenters. The molecule has 0 fully saturated rings. The maximum atomic E-state index is 12.0. The fourth-order valence-electron chi connectivity index (χ4n) is 2.26. The lowest BCUT2D eigenvalue weighted by atomic mass is 10.1. The van der Waals surface area contributed by atoms with Crippen LogP contribution in [0.4, 0.5) is 0 Å². The fourth-order valence-corrected chi connectivity index (χ4v) is 3.69. The summed E-state index contributed by atoms with van der Waals surface area (Å²) in [4.78, 5) is 4.53. The van der Waals surface area contributed by atoms with Crippen LogP contribution in [0.1, 0.15) is 38.8 Å². The molecule has 27 heavy (non-hydrogen) atoms. The molecule has 1 aromatic carbocycles. The minimum absolute atomic E-state index is 0. The van der Waals surface area contributed by atoms with Gasteiger partial charge in [-0.3, -0.25) is 0 Å². The Hall–Kier alpha value is -0.910. The molecule has 0 bridgehead atoms. The van der Waals surface area contributed by atoms with Crippen LogP contribution in [0.3, 0.4) is 0 Å². The summed E-state index contributed by atoms with van der Waals surface area (Å²) in [6.45, 7) is 10.9. The lowest BCUT2D eigenvalue weighted by molar-refractivity contribution is 0.152. The van der Waals surface area contributed by atoms with Crippen molar-refractivity contribution in [2.45, 2.75) is 46.0 Å². The third-order valence-electron chi connectivity index (χ3n) is 3.30. The number of ether oxygens (including phenoxy) is 1. The van der Waals surface area contributed by atoms with Gasteiger partial charge < -0.3 is 15.4 Å². The summed E-state index contributed by atoms with van der Waals surface area (Å²) in [7, 11) is -3.30. The van der Waals surface area contributed by atoms with Crippen LogP contribution in [0, 0.1) is 0 Å². The molecule has 1 rings (SSSR count). The van der Waals surface area contributed by atoms with Crippen LogP contribution >= 0.6 is 24.0 Å². The number of hydrogen-bond acceptors (Lipinski definition) is 4. The molecule has 0 aliphatic rings. The summed E-state index contributed by atoms with van der Waals surface area (Å²) in [5, 5.41) is 6.40. The fraction of sp³-hybridized carbons (Fsp3) is 0.611. The summed E-state index contributed by atoms with van der Waals surface area (Å²) in [6.07, 6.45) is 0. The van der Waals surface area contributed by atoms with E-state index in [-0.39, 0.29) is 35.8 Å². The third-order valence-corrected chi connectivity index (χ3v) is 4.85. The van der Waals surface area contributed by atoms with Gasteiger partial charge in [-0.1, -0.05) is 24.3 Å². The number of hydrogen-bond donors (Lipinski definition) is 3. The molecule has 3 N–H and O–H groups in total. The number of aliphatic imine (C=N–C) groups is 1. The van der Waals surface area contributed by atoms with Gasteiger partial charge in [-0.25, -0.2) is 18.1 Å². The quantitative estimate of drug-likeness (QED) is 0.183. The summed E-state index contributed by atoms with van der Waals surface area (Å²) >= 11 is 0. The Morgan fingerprint density at radius 1 is 1.11 bits per heavy atom. The highest BCUT2D eigenvalue weighted by Crippen LogP contribution is 2.09. The van der Waals surface area contributed by atoms with Crippen LogP contribution < -0.4 is 15.4 Å². The van der Waals surface area contributed by atoms with Gasteiger partial charge in [0.1, 0.15) is 0 Å². The number of benzene rings is 1. The predicted molar refractivity (Wildman–Crippen MR) is 122 cm³/mol. The number of halogens is 1. The van der Waals surface area contributed by atoms with E-state index in [1.54, 1.807) is 0 Å². The second-order valence-electron chi connectivity index (χ2n) is 6.17. The van der Waals surface area contributed by atoms with E-state index in [1.807, 2.05) is 52.0 Å². The van der Waals surface area contributed by atoms with Gasteiger partial charge in [-0.05, 0) is 38.8 Å². The molecule has 0 aliphatic heterocycles. The van der Waals surface area contributed by atoms with Crippen molar-refractivity contribution in [3.05, 3.63) is 35.4 Å². The Labute approximate surface area is 180 Å². The van der Waals surface area contributed by atoms with Gasteiger partial charge >= 0.3 is 0 Å². The van der Waals surface area contributed by atoms with Crippen molar-refractivity contribution < 1.29 is 13.2 Å². The Bertz CT molecular complexity index is 649. The third kappa shape index (κ3) is 12.2. The van der Waals surface area contributed by atoms with Gasteiger partial charge in [0.15, 0.2) is 5.96 Å². The number of rotatable bonds is 11. The Balaban J connectivity index is 0.00000676. The van der Waals surface area contributed by atoms with Gasteiger partial charge in [0.05, 0.1) is 18.9 Å². The zero-order valence-corrected chi connectivity index (χ0v) is 19.8. The molecule has 0 saturated carbocycles. The number of sulfonamides is 1. The first-order valence-electron chi connectivity index (χ1n) is 9.04. The lowest BCUT2D eigenvalue weighted by Gasteiger charge is -2.11. The predicted octanol–water partition coefficient (Wildman–Crippen LogP) is 2.22. The van der Waals surface area contributed by atoms with Crippen LogP contribution in [-0.4, -0.2) is 46.7 Å². The van der Waals surface area contributed by atoms with E-state index in [1.165, 1.54) is 0 Å². The van der Waals surface area contributed by atoms with E-state index in [4.69, 9.17) is 4.74 Å². The smallest absolute Gasteiger partial charge is 0.216 e. The van der Waals surface area contributed by atoms with Gasteiger partial charge in [-0.15, -0.1) is 24.0 Å². The van der Waals surface area contributed by atoms with Crippen LogP contribution in [0.5, 0.6) is 0 Å². The summed E-state index contributed by atoms with van der Waals surface area (Å²) in [5.74, 6) is 0.719. The summed E-state index contributed by atoms with van der Waals surface area (Å²) in [5.41, 5.74) is 1.78. The second-order valence-corrected chi connectivity index (χ2v) is 7.92. The van der Waals surface area contributed by atoms with Gasteiger partial charge in [0.25, 0.3) is 0 Å². The Morgan fingerprint density at radius 2 is 1.74 bits per heavy atom. The zero-order chi connectivity index (χ0) is 19.4. The molecule has 0 radical (unpaired) electrons. The highest BCUT2D eigenvalue weighted by molar-refractivity contribution is 14.0. The highest BCUT2D eigenvalue weighted by Gasteiger charge is 2.12. The molecule has 0 spiro atoms. The van der Waals surface area contributed by atoms with Crippen LogP contribution in [-0.2, 0) is 27.1 Å².